The highest BCUT2D eigenvalue weighted by Gasteiger charge is 2.11. The number of nitrogens with one attached hydrogen (secondary N) is 1. The van der Waals surface area contributed by atoms with Crippen molar-refractivity contribution in [2.75, 3.05) is 13.7 Å². The van der Waals surface area contributed by atoms with Crippen LogP contribution in [0.25, 0.3) is 0 Å². The van der Waals surface area contributed by atoms with Gasteiger partial charge in [0.1, 0.15) is 11.5 Å². The van der Waals surface area contributed by atoms with E-state index in [0.717, 1.165) is 16.9 Å². The zero-order chi connectivity index (χ0) is 18.1. The first-order valence-corrected chi connectivity index (χ1v) is 7.81. The molecule has 6 heteroatoms. The summed E-state index contributed by atoms with van der Waals surface area (Å²) in [6, 6.07) is 12.3. The van der Waals surface area contributed by atoms with Gasteiger partial charge in [0.15, 0.2) is 0 Å². The molecule has 0 atom stereocenters. The molecule has 0 aliphatic rings. The lowest BCUT2D eigenvalue weighted by molar-refractivity contribution is -0.384. The minimum absolute atomic E-state index is 0.0473. The summed E-state index contributed by atoms with van der Waals surface area (Å²) >= 11 is 0. The van der Waals surface area contributed by atoms with Crippen LogP contribution in [0.3, 0.4) is 0 Å². The van der Waals surface area contributed by atoms with Gasteiger partial charge in [-0.1, -0.05) is 12.1 Å². The van der Waals surface area contributed by atoms with Gasteiger partial charge in [-0.3, -0.25) is 10.1 Å². The molecule has 0 unspecified atom stereocenters. The van der Waals surface area contributed by atoms with Crippen molar-refractivity contribution < 1.29 is 14.4 Å². The van der Waals surface area contributed by atoms with Crippen LogP contribution in [0.15, 0.2) is 42.5 Å². The predicted molar refractivity (Wildman–Crippen MR) is 95.6 cm³/mol. The number of methoxy groups -OCH3 is 1. The summed E-state index contributed by atoms with van der Waals surface area (Å²) < 4.78 is 10.7. The standard InChI is InChI=1S/C19H20N2O4/c1-3-4-11-25-18-8-5-15(6-9-18)13-20-14-16-12-17(21(22)23)7-10-19(16)24-2/h1,5-10,12,20H,4,11,13-14H2,2H3. The fourth-order valence-corrected chi connectivity index (χ4v) is 2.29. The van der Waals surface area contributed by atoms with Gasteiger partial charge >= 0.3 is 0 Å². The van der Waals surface area contributed by atoms with Gasteiger partial charge in [-0.05, 0) is 23.8 Å². The maximum atomic E-state index is 10.9. The van der Waals surface area contributed by atoms with Crippen LogP contribution in [0, 0.1) is 22.5 Å². The second kappa shape index (κ2) is 9.30. The third-order valence-electron chi connectivity index (χ3n) is 3.56. The van der Waals surface area contributed by atoms with Crippen LogP contribution in [-0.4, -0.2) is 18.6 Å². The minimum Gasteiger partial charge on any atom is -0.496 e. The number of ether oxygens (including phenoxy) is 2. The summed E-state index contributed by atoms with van der Waals surface area (Å²) in [6.45, 7) is 1.59. The van der Waals surface area contributed by atoms with E-state index in [0.29, 0.717) is 31.9 Å². The highest BCUT2D eigenvalue weighted by molar-refractivity contribution is 5.43. The number of rotatable bonds is 9. The summed E-state index contributed by atoms with van der Waals surface area (Å²) in [5.74, 6) is 3.92. The number of nitro benzene ring substituents is 1. The Hall–Kier alpha value is -3.04. The number of benzene rings is 2. The van der Waals surface area contributed by atoms with Crippen molar-refractivity contribution in [1.82, 2.24) is 5.32 Å². The molecule has 0 saturated carbocycles. The molecule has 2 aromatic rings. The second-order valence-corrected chi connectivity index (χ2v) is 5.30. The van der Waals surface area contributed by atoms with Crippen LogP contribution >= 0.6 is 0 Å². The van der Waals surface area contributed by atoms with E-state index in [4.69, 9.17) is 15.9 Å². The van der Waals surface area contributed by atoms with Crippen molar-refractivity contribution in [3.05, 3.63) is 63.7 Å². The van der Waals surface area contributed by atoms with Crippen molar-refractivity contribution in [2.24, 2.45) is 0 Å². The Morgan fingerprint density at radius 3 is 2.60 bits per heavy atom. The van der Waals surface area contributed by atoms with Gasteiger partial charge in [0.2, 0.25) is 0 Å². The van der Waals surface area contributed by atoms with Crippen molar-refractivity contribution in [3.63, 3.8) is 0 Å². The maximum absolute atomic E-state index is 10.9. The van der Waals surface area contributed by atoms with Crippen molar-refractivity contribution in [3.8, 4) is 23.8 Å². The summed E-state index contributed by atoms with van der Waals surface area (Å²) in [5, 5.41) is 14.2. The summed E-state index contributed by atoms with van der Waals surface area (Å²) in [7, 11) is 1.55. The largest absolute Gasteiger partial charge is 0.496 e. The normalized spacial score (nSPS) is 10.1. The number of nitro groups is 1. The predicted octanol–water partition coefficient (Wildman–Crippen LogP) is 3.30. The molecule has 2 rings (SSSR count). The summed E-state index contributed by atoms with van der Waals surface area (Å²) in [6.07, 6.45) is 5.76. The lowest BCUT2D eigenvalue weighted by Crippen LogP contribution is -2.13. The van der Waals surface area contributed by atoms with Gasteiger partial charge in [-0.2, -0.15) is 0 Å². The van der Waals surface area contributed by atoms with Crippen LogP contribution in [0.1, 0.15) is 17.5 Å². The zero-order valence-corrected chi connectivity index (χ0v) is 14.0. The van der Waals surface area contributed by atoms with Gasteiger partial charge in [0, 0.05) is 37.2 Å². The summed E-state index contributed by atoms with van der Waals surface area (Å²) in [5.41, 5.74) is 1.87. The van der Waals surface area contributed by atoms with Crippen LogP contribution in [0.4, 0.5) is 5.69 Å². The average molecular weight is 340 g/mol. The first-order chi connectivity index (χ1) is 12.1. The molecule has 0 bridgehead atoms. The zero-order valence-electron chi connectivity index (χ0n) is 14.0. The average Bonchev–Trinajstić information content (AvgIpc) is 2.63. The maximum Gasteiger partial charge on any atom is 0.270 e. The van der Waals surface area contributed by atoms with Crippen LogP contribution in [0.2, 0.25) is 0 Å². The molecule has 0 fully saturated rings. The molecule has 0 spiro atoms. The Labute approximate surface area is 146 Å². The van der Waals surface area contributed by atoms with E-state index in [1.54, 1.807) is 13.2 Å². The van der Waals surface area contributed by atoms with Crippen molar-refractivity contribution in [2.45, 2.75) is 19.5 Å². The Bertz CT molecular complexity index is 751. The molecule has 0 radical (unpaired) electrons. The molecule has 25 heavy (non-hydrogen) atoms. The Balaban J connectivity index is 1.91. The lowest BCUT2D eigenvalue weighted by Gasteiger charge is -2.10. The first kappa shape index (κ1) is 18.3. The second-order valence-electron chi connectivity index (χ2n) is 5.30. The topological polar surface area (TPSA) is 73.6 Å². The van der Waals surface area contributed by atoms with E-state index in [9.17, 15) is 10.1 Å². The van der Waals surface area contributed by atoms with E-state index in [1.165, 1.54) is 12.1 Å². The Kier molecular flexibility index (Phi) is 6.81. The van der Waals surface area contributed by atoms with Crippen LogP contribution in [0.5, 0.6) is 11.5 Å². The molecular weight excluding hydrogens is 320 g/mol. The van der Waals surface area contributed by atoms with E-state index >= 15 is 0 Å². The fraction of sp³-hybridized carbons (Fsp3) is 0.263. The van der Waals surface area contributed by atoms with E-state index < -0.39 is 4.92 Å². The van der Waals surface area contributed by atoms with Gasteiger partial charge in [0.05, 0.1) is 18.6 Å². The number of hydrogen-bond donors (Lipinski definition) is 1. The lowest BCUT2D eigenvalue weighted by atomic mass is 10.1. The van der Waals surface area contributed by atoms with Crippen molar-refractivity contribution >= 4 is 5.69 Å². The third-order valence-corrected chi connectivity index (χ3v) is 3.56. The van der Waals surface area contributed by atoms with Crippen LogP contribution in [-0.2, 0) is 13.1 Å². The molecular formula is C19H20N2O4. The monoisotopic (exact) mass is 340 g/mol. The smallest absolute Gasteiger partial charge is 0.270 e. The van der Waals surface area contributed by atoms with Gasteiger partial charge in [-0.15, -0.1) is 12.3 Å². The molecule has 0 aliphatic heterocycles. The number of hydrogen-bond acceptors (Lipinski definition) is 5. The molecule has 0 aliphatic carbocycles. The van der Waals surface area contributed by atoms with Gasteiger partial charge < -0.3 is 14.8 Å². The molecule has 1 N–H and O–H groups in total. The molecule has 130 valence electrons. The summed E-state index contributed by atoms with van der Waals surface area (Å²) in [4.78, 5) is 10.5. The fourth-order valence-electron chi connectivity index (χ4n) is 2.29. The number of nitrogens with zero attached hydrogens (tertiary/aromatic N) is 1. The minimum atomic E-state index is -0.415. The molecule has 0 saturated heterocycles. The van der Waals surface area contributed by atoms with E-state index in [-0.39, 0.29) is 5.69 Å². The third kappa shape index (κ3) is 5.52. The Morgan fingerprint density at radius 2 is 1.96 bits per heavy atom. The van der Waals surface area contributed by atoms with E-state index in [1.807, 2.05) is 24.3 Å². The first-order valence-electron chi connectivity index (χ1n) is 7.81. The van der Waals surface area contributed by atoms with Crippen molar-refractivity contribution in [1.29, 1.82) is 0 Å². The molecule has 0 amide bonds. The van der Waals surface area contributed by atoms with Gasteiger partial charge in [-0.25, -0.2) is 0 Å². The molecule has 2 aromatic carbocycles. The number of terminal acetylenes is 1. The van der Waals surface area contributed by atoms with Gasteiger partial charge in [0.25, 0.3) is 5.69 Å². The molecule has 0 heterocycles. The van der Waals surface area contributed by atoms with E-state index in [2.05, 4.69) is 11.2 Å². The SMILES string of the molecule is C#CCCOc1ccc(CNCc2cc([N+](=O)[O-])ccc2OC)cc1. The highest BCUT2D eigenvalue weighted by atomic mass is 16.6. The quantitative estimate of drug-likeness (QED) is 0.328. The van der Waals surface area contributed by atoms with Crippen LogP contribution < -0.4 is 14.8 Å². The Morgan fingerprint density at radius 1 is 1.20 bits per heavy atom. The number of non-ortho nitro benzene ring substituents is 1. The molecule has 0 aromatic heterocycles. The highest BCUT2D eigenvalue weighted by Crippen LogP contribution is 2.24. The molecule has 6 nitrogen and oxygen atoms in total.